The number of methoxy groups -OCH3 is 1. The molecule has 2 rings (SSSR count). The lowest BCUT2D eigenvalue weighted by Crippen LogP contribution is -2.32. The number of aryl methyl sites for hydroxylation is 1. The van der Waals surface area contributed by atoms with Crippen LogP contribution >= 0.6 is 11.3 Å². The predicted molar refractivity (Wildman–Crippen MR) is 91.4 cm³/mol. The molecule has 1 aromatic carbocycles. The normalized spacial score (nSPS) is 12.3. The van der Waals surface area contributed by atoms with E-state index in [4.69, 9.17) is 4.74 Å². The van der Waals surface area contributed by atoms with E-state index in [-0.39, 0.29) is 0 Å². The van der Waals surface area contributed by atoms with Crippen molar-refractivity contribution in [3.05, 3.63) is 52.2 Å². The first-order valence-corrected chi connectivity index (χ1v) is 8.58. The van der Waals surface area contributed by atoms with Crippen molar-refractivity contribution in [2.45, 2.75) is 38.6 Å². The molecule has 1 unspecified atom stereocenters. The maximum Gasteiger partial charge on any atom is 0.118 e. The van der Waals surface area contributed by atoms with Crippen LogP contribution in [0.2, 0.25) is 0 Å². The lowest BCUT2D eigenvalue weighted by molar-refractivity contribution is 0.414. The molecule has 1 atom stereocenters. The molecule has 0 saturated heterocycles. The third kappa shape index (κ3) is 5.52. The summed E-state index contributed by atoms with van der Waals surface area (Å²) in [5.74, 6) is 0.926. The molecule has 21 heavy (non-hydrogen) atoms. The van der Waals surface area contributed by atoms with Gasteiger partial charge in [-0.05, 0) is 61.4 Å². The Bertz CT molecular complexity index is 492. The largest absolute Gasteiger partial charge is 0.497 e. The van der Waals surface area contributed by atoms with Crippen molar-refractivity contribution in [3.63, 3.8) is 0 Å². The van der Waals surface area contributed by atoms with E-state index in [0.29, 0.717) is 6.04 Å². The predicted octanol–water partition coefficient (Wildman–Crippen LogP) is 4.30. The van der Waals surface area contributed by atoms with E-state index in [1.165, 1.54) is 23.3 Å². The number of benzene rings is 1. The maximum atomic E-state index is 5.22. The van der Waals surface area contributed by atoms with Crippen molar-refractivity contribution in [3.8, 4) is 5.75 Å². The summed E-state index contributed by atoms with van der Waals surface area (Å²) in [7, 11) is 1.71. The van der Waals surface area contributed by atoms with Gasteiger partial charge in [0.25, 0.3) is 0 Å². The Morgan fingerprint density at radius 2 is 2.00 bits per heavy atom. The summed E-state index contributed by atoms with van der Waals surface area (Å²) < 4.78 is 5.22. The summed E-state index contributed by atoms with van der Waals surface area (Å²) in [5.41, 5.74) is 1.37. The fourth-order valence-electron chi connectivity index (χ4n) is 2.44. The quantitative estimate of drug-likeness (QED) is 0.745. The minimum Gasteiger partial charge on any atom is -0.497 e. The Labute approximate surface area is 132 Å². The third-order valence-corrected chi connectivity index (χ3v) is 4.58. The molecule has 1 N–H and O–H groups in total. The molecule has 114 valence electrons. The van der Waals surface area contributed by atoms with Gasteiger partial charge in [-0.2, -0.15) is 0 Å². The van der Waals surface area contributed by atoms with Gasteiger partial charge in [-0.3, -0.25) is 0 Å². The number of thiophene rings is 1. The SMILES string of the molecule is CCCNC(CCc1cccs1)Cc1ccc(OC)cc1. The van der Waals surface area contributed by atoms with Gasteiger partial charge in [-0.1, -0.05) is 25.1 Å². The summed E-state index contributed by atoms with van der Waals surface area (Å²) in [4.78, 5) is 1.48. The zero-order valence-corrected chi connectivity index (χ0v) is 13.8. The van der Waals surface area contributed by atoms with Crippen molar-refractivity contribution in [2.24, 2.45) is 0 Å². The van der Waals surface area contributed by atoms with Crippen LogP contribution in [0.3, 0.4) is 0 Å². The van der Waals surface area contributed by atoms with E-state index in [2.05, 4.69) is 41.9 Å². The lowest BCUT2D eigenvalue weighted by Gasteiger charge is -2.18. The summed E-state index contributed by atoms with van der Waals surface area (Å²) in [5, 5.41) is 5.84. The number of hydrogen-bond donors (Lipinski definition) is 1. The molecule has 0 spiro atoms. The molecule has 1 heterocycles. The number of nitrogens with one attached hydrogen (secondary N) is 1. The summed E-state index contributed by atoms with van der Waals surface area (Å²) >= 11 is 1.86. The van der Waals surface area contributed by atoms with E-state index in [1.807, 2.05) is 23.5 Å². The molecule has 0 aliphatic rings. The first kappa shape index (κ1) is 16.1. The average molecular weight is 303 g/mol. The molecule has 2 aromatic rings. The summed E-state index contributed by atoms with van der Waals surface area (Å²) in [6, 6.07) is 13.3. The fraction of sp³-hybridized carbons (Fsp3) is 0.444. The highest BCUT2D eigenvalue weighted by molar-refractivity contribution is 7.09. The van der Waals surface area contributed by atoms with Gasteiger partial charge in [0.05, 0.1) is 7.11 Å². The Morgan fingerprint density at radius 1 is 1.19 bits per heavy atom. The van der Waals surface area contributed by atoms with Crippen LogP contribution in [0.5, 0.6) is 5.75 Å². The molecule has 0 saturated carbocycles. The average Bonchev–Trinajstić information content (AvgIpc) is 3.04. The van der Waals surface area contributed by atoms with Gasteiger partial charge in [0.2, 0.25) is 0 Å². The van der Waals surface area contributed by atoms with E-state index in [0.717, 1.165) is 25.1 Å². The van der Waals surface area contributed by atoms with Crippen molar-refractivity contribution in [1.29, 1.82) is 0 Å². The Morgan fingerprint density at radius 3 is 2.62 bits per heavy atom. The van der Waals surface area contributed by atoms with Crippen LogP contribution in [0.15, 0.2) is 41.8 Å². The first-order chi connectivity index (χ1) is 10.3. The van der Waals surface area contributed by atoms with Crippen molar-refractivity contribution < 1.29 is 4.74 Å². The number of rotatable bonds is 9. The van der Waals surface area contributed by atoms with Gasteiger partial charge in [0.1, 0.15) is 5.75 Å². The second-order valence-corrected chi connectivity index (χ2v) is 6.35. The van der Waals surface area contributed by atoms with Crippen LogP contribution in [-0.4, -0.2) is 19.7 Å². The monoisotopic (exact) mass is 303 g/mol. The Balaban J connectivity index is 1.90. The maximum absolute atomic E-state index is 5.22. The molecule has 0 bridgehead atoms. The molecule has 2 nitrogen and oxygen atoms in total. The molecule has 0 amide bonds. The minimum atomic E-state index is 0.542. The van der Waals surface area contributed by atoms with Crippen molar-refractivity contribution >= 4 is 11.3 Å². The van der Waals surface area contributed by atoms with Crippen LogP contribution in [0, 0.1) is 0 Å². The zero-order chi connectivity index (χ0) is 14.9. The van der Waals surface area contributed by atoms with Gasteiger partial charge in [-0.15, -0.1) is 11.3 Å². The van der Waals surface area contributed by atoms with Crippen LogP contribution < -0.4 is 10.1 Å². The number of ether oxygens (including phenoxy) is 1. The smallest absolute Gasteiger partial charge is 0.118 e. The van der Waals surface area contributed by atoms with E-state index >= 15 is 0 Å². The highest BCUT2D eigenvalue weighted by Gasteiger charge is 2.09. The second-order valence-electron chi connectivity index (χ2n) is 5.32. The fourth-order valence-corrected chi connectivity index (χ4v) is 3.17. The van der Waals surface area contributed by atoms with Crippen molar-refractivity contribution in [2.75, 3.05) is 13.7 Å². The van der Waals surface area contributed by atoms with Crippen LogP contribution in [0.25, 0.3) is 0 Å². The van der Waals surface area contributed by atoms with Crippen LogP contribution in [0.4, 0.5) is 0 Å². The number of hydrogen-bond acceptors (Lipinski definition) is 3. The zero-order valence-electron chi connectivity index (χ0n) is 13.0. The van der Waals surface area contributed by atoms with Gasteiger partial charge in [0.15, 0.2) is 0 Å². The highest BCUT2D eigenvalue weighted by atomic mass is 32.1. The van der Waals surface area contributed by atoms with Gasteiger partial charge in [0, 0.05) is 10.9 Å². The molecular weight excluding hydrogens is 278 g/mol. The Hall–Kier alpha value is -1.32. The van der Waals surface area contributed by atoms with E-state index in [9.17, 15) is 0 Å². The van der Waals surface area contributed by atoms with E-state index in [1.54, 1.807) is 7.11 Å². The second kappa shape index (κ2) is 8.85. The van der Waals surface area contributed by atoms with Gasteiger partial charge in [-0.25, -0.2) is 0 Å². The van der Waals surface area contributed by atoms with Crippen LogP contribution in [0.1, 0.15) is 30.2 Å². The molecule has 1 aromatic heterocycles. The summed E-state index contributed by atoms with van der Waals surface area (Å²) in [6.07, 6.45) is 4.61. The standard InChI is InChI=1S/C18H25NOS/c1-3-12-19-16(8-11-18-5-4-13-21-18)14-15-6-9-17(20-2)10-7-15/h4-7,9-10,13,16,19H,3,8,11-12,14H2,1-2H3. The minimum absolute atomic E-state index is 0.542. The Kier molecular flexibility index (Phi) is 6.77. The van der Waals surface area contributed by atoms with Crippen molar-refractivity contribution in [1.82, 2.24) is 5.32 Å². The summed E-state index contributed by atoms with van der Waals surface area (Å²) in [6.45, 7) is 3.31. The highest BCUT2D eigenvalue weighted by Crippen LogP contribution is 2.16. The first-order valence-electron chi connectivity index (χ1n) is 7.70. The van der Waals surface area contributed by atoms with Crippen LogP contribution in [-0.2, 0) is 12.8 Å². The van der Waals surface area contributed by atoms with E-state index < -0.39 is 0 Å². The molecule has 0 aliphatic carbocycles. The molecule has 0 aliphatic heterocycles. The molecule has 3 heteroatoms. The van der Waals surface area contributed by atoms with Gasteiger partial charge < -0.3 is 10.1 Å². The lowest BCUT2D eigenvalue weighted by atomic mass is 10.0. The van der Waals surface area contributed by atoms with Gasteiger partial charge >= 0.3 is 0 Å². The molecule has 0 radical (unpaired) electrons. The molecular formula is C18H25NOS. The molecule has 0 fully saturated rings. The topological polar surface area (TPSA) is 21.3 Å². The third-order valence-electron chi connectivity index (χ3n) is 3.64.